The summed E-state index contributed by atoms with van der Waals surface area (Å²) in [5.41, 5.74) is 1.85. The van der Waals surface area contributed by atoms with Crippen molar-refractivity contribution in [3.05, 3.63) is 29.8 Å². The second-order valence-electron chi connectivity index (χ2n) is 5.60. The molecule has 1 atom stereocenters. The average Bonchev–Trinajstić information content (AvgIpc) is 2.78. The molecule has 0 saturated carbocycles. The first-order chi connectivity index (χ1) is 9.90. The molecule has 3 amide bonds. The molecule has 112 valence electrons. The van der Waals surface area contributed by atoms with Gasteiger partial charge in [0, 0.05) is 18.5 Å². The van der Waals surface area contributed by atoms with Crippen LogP contribution in [0.5, 0.6) is 0 Å². The van der Waals surface area contributed by atoms with Gasteiger partial charge in [-0.15, -0.1) is 0 Å². The molecule has 0 spiro atoms. The van der Waals surface area contributed by atoms with Crippen LogP contribution in [0.3, 0.4) is 0 Å². The molecule has 1 fully saturated rings. The highest BCUT2D eigenvalue weighted by atomic mass is 16.2. The topological polar surface area (TPSA) is 66.5 Å². The largest absolute Gasteiger partial charge is 0.324 e. The van der Waals surface area contributed by atoms with Gasteiger partial charge in [0.15, 0.2) is 0 Å². The third kappa shape index (κ3) is 3.29. The van der Waals surface area contributed by atoms with Crippen LogP contribution in [0, 0.1) is 0 Å². The number of carbonyl (C=O) groups is 3. The number of likely N-dealkylation sites (tertiary alicyclic amines) is 1. The van der Waals surface area contributed by atoms with Crippen molar-refractivity contribution in [2.24, 2.45) is 0 Å². The molecule has 2 rings (SSSR count). The third-order valence-electron chi connectivity index (χ3n) is 3.70. The first-order valence-electron chi connectivity index (χ1n) is 7.16. The lowest BCUT2D eigenvalue weighted by Gasteiger charge is -2.21. The fourth-order valence-corrected chi connectivity index (χ4v) is 2.34. The Morgan fingerprint density at radius 1 is 1.05 bits per heavy atom. The molecule has 0 unspecified atom stereocenters. The van der Waals surface area contributed by atoms with Crippen molar-refractivity contribution < 1.29 is 14.4 Å². The molecule has 1 aromatic carbocycles. The van der Waals surface area contributed by atoms with Crippen LogP contribution in [-0.4, -0.2) is 28.7 Å². The molecule has 0 aliphatic carbocycles. The predicted molar refractivity (Wildman–Crippen MR) is 79.7 cm³/mol. The summed E-state index contributed by atoms with van der Waals surface area (Å²) in [5.74, 6) is -0.486. The van der Waals surface area contributed by atoms with Crippen molar-refractivity contribution in [3.63, 3.8) is 0 Å². The molecule has 1 saturated heterocycles. The van der Waals surface area contributed by atoms with Gasteiger partial charge in [0.05, 0.1) is 0 Å². The van der Waals surface area contributed by atoms with Gasteiger partial charge in [-0.3, -0.25) is 19.3 Å². The summed E-state index contributed by atoms with van der Waals surface area (Å²) in [5, 5.41) is 2.74. The number of rotatable bonds is 4. The Morgan fingerprint density at radius 3 is 2.05 bits per heavy atom. The third-order valence-corrected chi connectivity index (χ3v) is 3.70. The van der Waals surface area contributed by atoms with Crippen LogP contribution in [0.4, 0.5) is 5.69 Å². The van der Waals surface area contributed by atoms with E-state index in [1.165, 1.54) is 5.56 Å². The lowest BCUT2D eigenvalue weighted by atomic mass is 10.0. The zero-order chi connectivity index (χ0) is 15.6. The van der Waals surface area contributed by atoms with E-state index in [1.54, 1.807) is 6.92 Å². The fraction of sp³-hybridized carbons (Fsp3) is 0.438. The molecule has 5 heteroatoms. The summed E-state index contributed by atoms with van der Waals surface area (Å²) >= 11 is 0. The molecular weight excluding hydrogens is 268 g/mol. The van der Waals surface area contributed by atoms with Gasteiger partial charge >= 0.3 is 0 Å². The van der Waals surface area contributed by atoms with E-state index in [0.29, 0.717) is 11.6 Å². The standard InChI is InChI=1S/C16H20N2O3/c1-10(2)12-4-6-13(7-5-12)17-16(21)11(3)18-14(19)8-9-15(18)20/h4-7,10-11H,8-9H2,1-3H3,(H,17,21)/t11-/m1/s1. The van der Waals surface area contributed by atoms with E-state index in [2.05, 4.69) is 19.2 Å². The number of amides is 3. The van der Waals surface area contributed by atoms with Crippen LogP contribution in [-0.2, 0) is 14.4 Å². The molecule has 1 N–H and O–H groups in total. The molecule has 1 aromatic rings. The fourth-order valence-electron chi connectivity index (χ4n) is 2.34. The van der Waals surface area contributed by atoms with Gasteiger partial charge < -0.3 is 5.32 Å². The predicted octanol–water partition coefficient (Wildman–Crippen LogP) is 2.29. The highest BCUT2D eigenvalue weighted by Gasteiger charge is 2.36. The quantitative estimate of drug-likeness (QED) is 0.864. The summed E-state index contributed by atoms with van der Waals surface area (Å²) in [6.07, 6.45) is 0.388. The summed E-state index contributed by atoms with van der Waals surface area (Å²) in [6, 6.07) is 6.78. The van der Waals surface area contributed by atoms with E-state index in [9.17, 15) is 14.4 Å². The number of imide groups is 1. The number of nitrogens with one attached hydrogen (secondary N) is 1. The number of nitrogens with zero attached hydrogens (tertiary/aromatic N) is 1. The Labute approximate surface area is 124 Å². The molecule has 0 aromatic heterocycles. The maximum absolute atomic E-state index is 12.2. The van der Waals surface area contributed by atoms with E-state index in [-0.39, 0.29) is 30.6 Å². The van der Waals surface area contributed by atoms with Gasteiger partial charge in [0.25, 0.3) is 0 Å². The zero-order valence-electron chi connectivity index (χ0n) is 12.6. The van der Waals surface area contributed by atoms with E-state index in [1.807, 2.05) is 24.3 Å². The zero-order valence-corrected chi connectivity index (χ0v) is 12.6. The Morgan fingerprint density at radius 2 is 1.57 bits per heavy atom. The van der Waals surface area contributed by atoms with E-state index < -0.39 is 6.04 Å². The maximum atomic E-state index is 12.2. The van der Waals surface area contributed by atoms with Gasteiger partial charge in [-0.1, -0.05) is 26.0 Å². The molecule has 1 aliphatic heterocycles. The molecule has 0 radical (unpaired) electrons. The van der Waals surface area contributed by atoms with Crippen molar-refractivity contribution in [3.8, 4) is 0 Å². The molecule has 5 nitrogen and oxygen atoms in total. The molecule has 21 heavy (non-hydrogen) atoms. The first-order valence-corrected chi connectivity index (χ1v) is 7.16. The van der Waals surface area contributed by atoms with Crippen LogP contribution in [0.25, 0.3) is 0 Å². The molecule has 1 heterocycles. The van der Waals surface area contributed by atoms with E-state index >= 15 is 0 Å². The molecular formula is C16H20N2O3. The molecule has 0 bridgehead atoms. The summed E-state index contributed by atoms with van der Waals surface area (Å²) in [7, 11) is 0. The number of benzene rings is 1. The Balaban J connectivity index is 2.03. The van der Waals surface area contributed by atoms with Crippen molar-refractivity contribution >= 4 is 23.4 Å². The minimum atomic E-state index is -0.780. The molecule has 1 aliphatic rings. The Kier molecular flexibility index (Phi) is 4.40. The summed E-state index contributed by atoms with van der Waals surface area (Å²) in [6.45, 7) is 5.76. The highest BCUT2D eigenvalue weighted by molar-refractivity contribution is 6.07. The number of hydrogen-bond acceptors (Lipinski definition) is 3. The second kappa shape index (κ2) is 6.08. The normalized spacial score (nSPS) is 16.5. The van der Waals surface area contributed by atoms with Crippen LogP contribution in [0.2, 0.25) is 0 Å². The van der Waals surface area contributed by atoms with Crippen molar-refractivity contribution in [1.29, 1.82) is 0 Å². The van der Waals surface area contributed by atoms with Crippen LogP contribution >= 0.6 is 0 Å². The number of anilines is 1. The minimum Gasteiger partial charge on any atom is -0.324 e. The van der Waals surface area contributed by atoms with E-state index in [4.69, 9.17) is 0 Å². The highest BCUT2D eigenvalue weighted by Crippen LogP contribution is 2.19. The van der Waals surface area contributed by atoms with Gasteiger partial charge in [0.1, 0.15) is 6.04 Å². The van der Waals surface area contributed by atoms with Crippen LogP contribution in [0.15, 0.2) is 24.3 Å². The minimum absolute atomic E-state index is 0.194. The van der Waals surface area contributed by atoms with Gasteiger partial charge in [-0.2, -0.15) is 0 Å². The van der Waals surface area contributed by atoms with Crippen molar-refractivity contribution in [2.75, 3.05) is 5.32 Å². The van der Waals surface area contributed by atoms with E-state index in [0.717, 1.165) is 4.90 Å². The Hall–Kier alpha value is -2.17. The number of carbonyl (C=O) groups excluding carboxylic acids is 3. The lowest BCUT2D eigenvalue weighted by molar-refractivity contribution is -0.144. The second-order valence-corrected chi connectivity index (χ2v) is 5.60. The van der Waals surface area contributed by atoms with Crippen molar-refractivity contribution in [2.45, 2.75) is 45.6 Å². The smallest absolute Gasteiger partial charge is 0.247 e. The van der Waals surface area contributed by atoms with Gasteiger partial charge in [-0.05, 0) is 30.5 Å². The van der Waals surface area contributed by atoms with Gasteiger partial charge in [0.2, 0.25) is 17.7 Å². The monoisotopic (exact) mass is 288 g/mol. The first kappa shape index (κ1) is 15.2. The van der Waals surface area contributed by atoms with Crippen LogP contribution in [0.1, 0.15) is 45.1 Å². The maximum Gasteiger partial charge on any atom is 0.247 e. The van der Waals surface area contributed by atoms with Crippen molar-refractivity contribution in [1.82, 2.24) is 4.90 Å². The number of hydrogen-bond donors (Lipinski definition) is 1. The Bertz CT molecular complexity index is 547. The average molecular weight is 288 g/mol. The summed E-state index contributed by atoms with van der Waals surface area (Å²) in [4.78, 5) is 36.5. The lowest BCUT2D eigenvalue weighted by Crippen LogP contribution is -2.44. The summed E-state index contributed by atoms with van der Waals surface area (Å²) < 4.78 is 0. The SMILES string of the molecule is CC(C)c1ccc(NC(=O)[C@@H](C)N2C(=O)CCC2=O)cc1. The van der Waals surface area contributed by atoms with Gasteiger partial charge in [-0.25, -0.2) is 0 Å². The van der Waals surface area contributed by atoms with Crippen LogP contribution < -0.4 is 5.32 Å².